The lowest BCUT2D eigenvalue weighted by Crippen LogP contribution is -2.34. The fourth-order valence-electron chi connectivity index (χ4n) is 2.12. The summed E-state index contributed by atoms with van der Waals surface area (Å²) in [6.45, 7) is 9.33. The van der Waals surface area contributed by atoms with Crippen molar-refractivity contribution >= 4 is 9.84 Å². The summed E-state index contributed by atoms with van der Waals surface area (Å²) in [4.78, 5) is 2.36. The smallest absolute Gasteiger partial charge is 0.150 e. The number of nitrogens with one attached hydrogen (secondary N) is 1. The Labute approximate surface area is 99.3 Å². The van der Waals surface area contributed by atoms with Crippen molar-refractivity contribution < 1.29 is 8.42 Å². The SMILES string of the molecule is CCN(CC)CCNCC1CCS(=O)(=O)C1. The van der Waals surface area contributed by atoms with Crippen molar-refractivity contribution in [3.05, 3.63) is 0 Å². The van der Waals surface area contributed by atoms with Crippen LogP contribution in [0.2, 0.25) is 0 Å². The summed E-state index contributed by atoms with van der Waals surface area (Å²) < 4.78 is 22.5. The van der Waals surface area contributed by atoms with E-state index in [9.17, 15) is 8.42 Å². The van der Waals surface area contributed by atoms with Crippen LogP contribution < -0.4 is 5.32 Å². The molecular formula is C11H24N2O2S. The van der Waals surface area contributed by atoms with Crippen LogP contribution in [0.4, 0.5) is 0 Å². The van der Waals surface area contributed by atoms with Crippen LogP contribution in [0.1, 0.15) is 20.3 Å². The zero-order chi connectivity index (χ0) is 12.0. The molecule has 96 valence electrons. The zero-order valence-corrected chi connectivity index (χ0v) is 11.2. The molecular weight excluding hydrogens is 224 g/mol. The predicted octanol–water partition coefficient (Wildman–Crippen LogP) is 0.353. The molecule has 0 radical (unpaired) electrons. The second-order valence-corrected chi connectivity index (χ2v) is 6.73. The number of rotatable bonds is 7. The minimum absolute atomic E-state index is 0.335. The Balaban J connectivity index is 2.08. The lowest BCUT2D eigenvalue weighted by atomic mass is 10.1. The number of likely N-dealkylation sites (N-methyl/N-ethyl adjacent to an activating group) is 1. The third kappa shape index (κ3) is 4.80. The van der Waals surface area contributed by atoms with Crippen LogP contribution in [0.15, 0.2) is 0 Å². The average molecular weight is 248 g/mol. The van der Waals surface area contributed by atoms with Gasteiger partial charge in [0.1, 0.15) is 0 Å². The van der Waals surface area contributed by atoms with Gasteiger partial charge in [-0.3, -0.25) is 0 Å². The van der Waals surface area contributed by atoms with Crippen molar-refractivity contribution in [1.29, 1.82) is 0 Å². The van der Waals surface area contributed by atoms with E-state index in [2.05, 4.69) is 24.1 Å². The quantitative estimate of drug-likeness (QED) is 0.661. The first-order valence-corrected chi connectivity index (χ1v) is 8.03. The molecule has 5 heteroatoms. The molecule has 1 aliphatic rings. The number of sulfone groups is 1. The summed E-state index contributed by atoms with van der Waals surface area (Å²) >= 11 is 0. The minimum Gasteiger partial charge on any atom is -0.315 e. The van der Waals surface area contributed by atoms with Crippen molar-refractivity contribution in [2.45, 2.75) is 20.3 Å². The van der Waals surface area contributed by atoms with Gasteiger partial charge in [-0.2, -0.15) is 0 Å². The second kappa shape index (κ2) is 6.57. The van der Waals surface area contributed by atoms with Gasteiger partial charge in [0.25, 0.3) is 0 Å². The molecule has 1 aliphatic heterocycles. The van der Waals surface area contributed by atoms with Gasteiger partial charge in [0.2, 0.25) is 0 Å². The fourth-order valence-corrected chi connectivity index (χ4v) is 3.98. The third-order valence-corrected chi connectivity index (χ3v) is 5.10. The molecule has 1 fully saturated rings. The molecule has 0 aliphatic carbocycles. The van der Waals surface area contributed by atoms with Crippen LogP contribution in [0.5, 0.6) is 0 Å². The van der Waals surface area contributed by atoms with Crippen molar-refractivity contribution in [3.63, 3.8) is 0 Å². The molecule has 0 aromatic heterocycles. The van der Waals surface area contributed by atoms with E-state index in [4.69, 9.17) is 0 Å². The Morgan fingerprint density at radius 1 is 1.31 bits per heavy atom. The summed E-state index contributed by atoms with van der Waals surface area (Å²) in [5, 5.41) is 3.36. The van der Waals surface area contributed by atoms with Crippen molar-refractivity contribution in [3.8, 4) is 0 Å². The Morgan fingerprint density at radius 2 is 2.00 bits per heavy atom. The molecule has 1 saturated heterocycles. The summed E-state index contributed by atoms with van der Waals surface area (Å²) in [6.07, 6.45) is 0.834. The highest BCUT2D eigenvalue weighted by molar-refractivity contribution is 7.91. The molecule has 1 heterocycles. The van der Waals surface area contributed by atoms with Crippen LogP contribution in [0, 0.1) is 5.92 Å². The van der Waals surface area contributed by atoms with Gasteiger partial charge in [-0.05, 0) is 32.0 Å². The van der Waals surface area contributed by atoms with E-state index in [0.717, 1.165) is 39.1 Å². The first-order valence-electron chi connectivity index (χ1n) is 6.21. The van der Waals surface area contributed by atoms with Crippen molar-refractivity contribution in [2.24, 2.45) is 5.92 Å². The van der Waals surface area contributed by atoms with E-state index in [-0.39, 0.29) is 0 Å². The Hall–Kier alpha value is -0.130. The van der Waals surface area contributed by atoms with Gasteiger partial charge < -0.3 is 10.2 Å². The molecule has 4 nitrogen and oxygen atoms in total. The molecule has 1 N–H and O–H groups in total. The lowest BCUT2D eigenvalue weighted by Gasteiger charge is -2.18. The number of hydrogen-bond acceptors (Lipinski definition) is 4. The van der Waals surface area contributed by atoms with Crippen molar-refractivity contribution in [1.82, 2.24) is 10.2 Å². The predicted molar refractivity (Wildman–Crippen MR) is 67.4 cm³/mol. The topological polar surface area (TPSA) is 49.4 Å². The highest BCUT2D eigenvalue weighted by Crippen LogP contribution is 2.17. The van der Waals surface area contributed by atoms with Gasteiger partial charge in [-0.25, -0.2) is 8.42 Å². The maximum absolute atomic E-state index is 11.2. The van der Waals surface area contributed by atoms with Crippen LogP contribution in [0.25, 0.3) is 0 Å². The van der Waals surface area contributed by atoms with E-state index in [1.54, 1.807) is 0 Å². The summed E-state index contributed by atoms with van der Waals surface area (Å²) in [6, 6.07) is 0. The van der Waals surface area contributed by atoms with Gasteiger partial charge in [0.15, 0.2) is 9.84 Å². The maximum Gasteiger partial charge on any atom is 0.150 e. The molecule has 0 saturated carbocycles. The van der Waals surface area contributed by atoms with E-state index in [0.29, 0.717) is 17.4 Å². The van der Waals surface area contributed by atoms with E-state index in [1.165, 1.54) is 0 Å². The lowest BCUT2D eigenvalue weighted by molar-refractivity contribution is 0.300. The standard InChI is InChI=1S/C11H24N2O2S/c1-3-13(4-2)7-6-12-9-11-5-8-16(14,15)10-11/h11-12H,3-10H2,1-2H3. The summed E-state index contributed by atoms with van der Waals surface area (Å²) in [5.74, 6) is 1.10. The van der Waals surface area contributed by atoms with Gasteiger partial charge in [0.05, 0.1) is 11.5 Å². The molecule has 1 rings (SSSR count). The van der Waals surface area contributed by atoms with Crippen LogP contribution in [0.3, 0.4) is 0 Å². The van der Waals surface area contributed by atoms with Crippen LogP contribution in [-0.4, -0.2) is 57.5 Å². The van der Waals surface area contributed by atoms with Gasteiger partial charge in [-0.15, -0.1) is 0 Å². The Morgan fingerprint density at radius 3 is 2.50 bits per heavy atom. The second-order valence-electron chi connectivity index (χ2n) is 4.50. The Bertz CT molecular complexity index is 286. The molecule has 0 amide bonds. The van der Waals surface area contributed by atoms with Gasteiger partial charge >= 0.3 is 0 Å². The highest BCUT2D eigenvalue weighted by atomic mass is 32.2. The zero-order valence-electron chi connectivity index (χ0n) is 10.4. The van der Waals surface area contributed by atoms with Crippen molar-refractivity contribution in [2.75, 3.05) is 44.2 Å². The monoisotopic (exact) mass is 248 g/mol. The maximum atomic E-state index is 11.2. The number of hydrogen-bond donors (Lipinski definition) is 1. The average Bonchev–Trinajstić information content (AvgIpc) is 2.59. The fraction of sp³-hybridized carbons (Fsp3) is 1.00. The molecule has 1 unspecified atom stereocenters. The molecule has 0 spiro atoms. The summed E-state index contributed by atoms with van der Waals surface area (Å²) in [7, 11) is -2.71. The highest BCUT2D eigenvalue weighted by Gasteiger charge is 2.27. The molecule has 0 aromatic carbocycles. The number of nitrogens with zero attached hydrogens (tertiary/aromatic N) is 1. The van der Waals surface area contributed by atoms with Gasteiger partial charge in [0, 0.05) is 13.1 Å². The Kier molecular flexibility index (Phi) is 5.72. The van der Waals surface area contributed by atoms with E-state index in [1.807, 2.05) is 0 Å². The van der Waals surface area contributed by atoms with Crippen LogP contribution in [-0.2, 0) is 9.84 Å². The molecule has 1 atom stereocenters. The van der Waals surface area contributed by atoms with E-state index >= 15 is 0 Å². The molecule has 16 heavy (non-hydrogen) atoms. The largest absolute Gasteiger partial charge is 0.315 e. The molecule has 0 aromatic rings. The first-order chi connectivity index (χ1) is 7.57. The molecule has 0 bridgehead atoms. The third-order valence-electron chi connectivity index (χ3n) is 3.26. The van der Waals surface area contributed by atoms with Gasteiger partial charge in [-0.1, -0.05) is 13.8 Å². The first kappa shape index (κ1) is 13.9. The normalized spacial score (nSPS) is 24.1. The van der Waals surface area contributed by atoms with E-state index < -0.39 is 9.84 Å². The summed E-state index contributed by atoms with van der Waals surface area (Å²) in [5.41, 5.74) is 0. The van der Waals surface area contributed by atoms with Crippen LogP contribution >= 0.6 is 0 Å². The minimum atomic E-state index is -2.71.